The molecule has 0 fully saturated rings. The molecule has 0 saturated carbocycles. The lowest BCUT2D eigenvalue weighted by Crippen LogP contribution is -2.25. The van der Waals surface area contributed by atoms with E-state index in [1.165, 1.54) is 0 Å². The monoisotopic (exact) mass is 230 g/mol. The van der Waals surface area contributed by atoms with Crippen LogP contribution in [-0.4, -0.2) is 4.57 Å². The highest BCUT2D eigenvalue weighted by Crippen LogP contribution is 2.19. The predicted octanol–water partition coefficient (Wildman–Crippen LogP) is 2.94. The number of pyridine rings is 1. The number of fused-ring (bicyclic) bond motifs is 1. The van der Waals surface area contributed by atoms with Crippen molar-refractivity contribution in [1.29, 1.82) is 0 Å². The van der Waals surface area contributed by atoms with E-state index in [4.69, 9.17) is 5.73 Å². The molecule has 0 aliphatic carbocycles. The molecule has 0 amide bonds. The van der Waals surface area contributed by atoms with Crippen LogP contribution < -0.4 is 11.3 Å². The lowest BCUT2D eigenvalue weighted by molar-refractivity contribution is 0.495. The fourth-order valence-corrected chi connectivity index (χ4v) is 2.30. The molecular formula is C14H18N2O. The van der Waals surface area contributed by atoms with E-state index in [1.54, 1.807) is 4.57 Å². The largest absolute Gasteiger partial charge is 0.385 e. The van der Waals surface area contributed by atoms with Crippen LogP contribution in [0.5, 0.6) is 0 Å². The van der Waals surface area contributed by atoms with Crippen molar-refractivity contribution >= 4 is 16.6 Å². The van der Waals surface area contributed by atoms with Gasteiger partial charge in [0.1, 0.15) is 5.82 Å². The van der Waals surface area contributed by atoms with Gasteiger partial charge >= 0.3 is 0 Å². The van der Waals surface area contributed by atoms with E-state index in [0.29, 0.717) is 5.82 Å². The second-order valence-electron chi connectivity index (χ2n) is 4.47. The van der Waals surface area contributed by atoms with Gasteiger partial charge in [-0.3, -0.25) is 9.36 Å². The van der Waals surface area contributed by atoms with Gasteiger partial charge in [-0.05, 0) is 30.9 Å². The van der Waals surface area contributed by atoms with Gasteiger partial charge in [-0.25, -0.2) is 0 Å². The molecule has 1 heterocycles. The molecule has 90 valence electrons. The molecule has 3 nitrogen and oxygen atoms in total. The minimum atomic E-state index is 0.0153. The van der Waals surface area contributed by atoms with Crippen molar-refractivity contribution in [3.05, 3.63) is 40.7 Å². The molecule has 2 N–H and O–H groups in total. The van der Waals surface area contributed by atoms with Crippen molar-refractivity contribution < 1.29 is 0 Å². The maximum atomic E-state index is 12.3. The maximum absolute atomic E-state index is 12.3. The van der Waals surface area contributed by atoms with Crippen LogP contribution in [0.1, 0.15) is 32.7 Å². The molecule has 1 unspecified atom stereocenters. The Hall–Kier alpha value is -1.77. The highest BCUT2D eigenvalue weighted by atomic mass is 16.1. The molecule has 1 aromatic heterocycles. The molecule has 1 atom stereocenters. The Morgan fingerprint density at radius 1 is 1.35 bits per heavy atom. The van der Waals surface area contributed by atoms with Crippen LogP contribution in [0, 0.1) is 0 Å². The predicted molar refractivity (Wildman–Crippen MR) is 72.2 cm³/mol. The molecule has 0 bridgehead atoms. The summed E-state index contributed by atoms with van der Waals surface area (Å²) >= 11 is 0. The summed E-state index contributed by atoms with van der Waals surface area (Å²) in [5.74, 6) is 0.551. The number of nitrogens with zero attached hydrogens (tertiary/aromatic N) is 1. The SMILES string of the molecule is CCCC(C)n1c(N)cc2ccccc2c1=O. The van der Waals surface area contributed by atoms with Gasteiger partial charge in [0, 0.05) is 11.4 Å². The standard InChI is InChI=1S/C14H18N2O/c1-3-6-10(2)16-13(15)9-11-7-4-5-8-12(11)14(16)17/h4-5,7-10H,3,6,15H2,1-2H3. The second-order valence-corrected chi connectivity index (χ2v) is 4.47. The minimum Gasteiger partial charge on any atom is -0.385 e. The van der Waals surface area contributed by atoms with Crippen LogP contribution in [0.3, 0.4) is 0 Å². The topological polar surface area (TPSA) is 48.0 Å². The van der Waals surface area contributed by atoms with Crippen molar-refractivity contribution in [2.24, 2.45) is 0 Å². The van der Waals surface area contributed by atoms with Crippen LogP contribution in [0.25, 0.3) is 10.8 Å². The zero-order valence-corrected chi connectivity index (χ0v) is 10.3. The molecule has 1 aromatic carbocycles. The summed E-state index contributed by atoms with van der Waals surface area (Å²) in [5.41, 5.74) is 6.00. The number of hydrogen-bond acceptors (Lipinski definition) is 2. The number of nitrogen functional groups attached to an aromatic ring is 1. The summed E-state index contributed by atoms with van der Waals surface area (Å²) in [6.07, 6.45) is 2.00. The highest BCUT2D eigenvalue weighted by molar-refractivity contribution is 5.83. The van der Waals surface area contributed by atoms with Crippen LogP contribution in [0.4, 0.5) is 5.82 Å². The third-order valence-electron chi connectivity index (χ3n) is 3.14. The Bertz CT molecular complexity index is 586. The molecule has 17 heavy (non-hydrogen) atoms. The lowest BCUT2D eigenvalue weighted by atomic mass is 10.1. The summed E-state index contributed by atoms with van der Waals surface area (Å²) in [6.45, 7) is 4.15. The van der Waals surface area contributed by atoms with E-state index in [1.807, 2.05) is 37.3 Å². The van der Waals surface area contributed by atoms with Gasteiger partial charge in [0.25, 0.3) is 5.56 Å². The van der Waals surface area contributed by atoms with Gasteiger partial charge in [0.05, 0.1) is 0 Å². The van der Waals surface area contributed by atoms with Gasteiger partial charge in [-0.2, -0.15) is 0 Å². The van der Waals surface area contributed by atoms with Gasteiger partial charge in [-0.15, -0.1) is 0 Å². The first-order chi connectivity index (χ1) is 8.15. The van der Waals surface area contributed by atoms with Gasteiger partial charge in [0.2, 0.25) is 0 Å². The summed E-state index contributed by atoms with van der Waals surface area (Å²) in [4.78, 5) is 12.3. The third kappa shape index (κ3) is 2.05. The zero-order chi connectivity index (χ0) is 12.4. The highest BCUT2D eigenvalue weighted by Gasteiger charge is 2.11. The second kappa shape index (κ2) is 4.62. The Kier molecular flexibility index (Phi) is 3.18. The molecular weight excluding hydrogens is 212 g/mol. The van der Waals surface area contributed by atoms with Crippen molar-refractivity contribution in [1.82, 2.24) is 4.57 Å². The van der Waals surface area contributed by atoms with Crippen molar-refractivity contribution in [2.75, 3.05) is 5.73 Å². The molecule has 0 aliphatic rings. The Morgan fingerprint density at radius 2 is 2.06 bits per heavy atom. The van der Waals surface area contributed by atoms with Crippen molar-refractivity contribution in [3.63, 3.8) is 0 Å². The van der Waals surface area contributed by atoms with Gasteiger partial charge in [-0.1, -0.05) is 31.5 Å². The fourth-order valence-electron chi connectivity index (χ4n) is 2.30. The number of anilines is 1. The van der Waals surface area contributed by atoms with E-state index in [0.717, 1.165) is 23.6 Å². The first kappa shape index (κ1) is 11.7. The average Bonchev–Trinajstić information content (AvgIpc) is 2.29. The molecule has 0 aliphatic heterocycles. The summed E-state index contributed by atoms with van der Waals surface area (Å²) in [6, 6.07) is 9.60. The number of benzene rings is 1. The first-order valence-corrected chi connectivity index (χ1v) is 6.05. The van der Waals surface area contributed by atoms with E-state index in [-0.39, 0.29) is 11.6 Å². The number of hydrogen-bond donors (Lipinski definition) is 1. The molecule has 2 rings (SSSR count). The molecule has 0 radical (unpaired) electrons. The zero-order valence-electron chi connectivity index (χ0n) is 10.3. The quantitative estimate of drug-likeness (QED) is 0.881. The summed E-state index contributed by atoms with van der Waals surface area (Å²) in [7, 11) is 0. The number of rotatable bonds is 3. The minimum absolute atomic E-state index is 0.0153. The first-order valence-electron chi connectivity index (χ1n) is 6.05. The average molecular weight is 230 g/mol. The van der Waals surface area contributed by atoms with Crippen LogP contribution in [0.15, 0.2) is 35.1 Å². The van der Waals surface area contributed by atoms with E-state index in [9.17, 15) is 4.79 Å². The maximum Gasteiger partial charge on any atom is 0.260 e. The number of aromatic nitrogens is 1. The van der Waals surface area contributed by atoms with Crippen LogP contribution in [-0.2, 0) is 0 Å². The van der Waals surface area contributed by atoms with E-state index >= 15 is 0 Å². The molecule has 2 aromatic rings. The molecule has 0 saturated heterocycles. The Balaban J connectivity index is 2.68. The van der Waals surface area contributed by atoms with Crippen LogP contribution >= 0.6 is 0 Å². The fraction of sp³-hybridized carbons (Fsp3) is 0.357. The Morgan fingerprint density at radius 3 is 2.76 bits per heavy atom. The van der Waals surface area contributed by atoms with Crippen molar-refractivity contribution in [3.8, 4) is 0 Å². The Labute approximate surface area is 101 Å². The lowest BCUT2D eigenvalue weighted by Gasteiger charge is -2.17. The van der Waals surface area contributed by atoms with Gasteiger partial charge in [0.15, 0.2) is 0 Å². The van der Waals surface area contributed by atoms with Crippen molar-refractivity contribution in [2.45, 2.75) is 32.7 Å². The van der Waals surface area contributed by atoms with E-state index in [2.05, 4.69) is 6.92 Å². The van der Waals surface area contributed by atoms with Gasteiger partial charge < -0.3 is 5.73 Å². The summed E-state index contributed by atoms with van der Waals surface area (Å²) in [5, 5.41) is 1.65. The van der Waals surface area contributed by atoms with E-state index < -0.39 is 0 Å². The summed E-state index contributed by atoms with van der Waals surface area (Å²) < 4.78 is 1.70. The normalized spacial score (nSPS) is 12.8. The number of nitrogens with two attached hydrogens (primary N) is 1. The molecule has 0 spiro atoms. The van der Waals surface area contributed by atoms with Crippen LogP contribution in [0.2, 0.25) is 0 Å². The molecule has 3 heteroatoms. The smallest absolute Gasteiger partial charge is 0.260 e. The third-order valence-corrected chi connectivity index (χ3v) is 3.14.